The van der Waals surface area contributed by atoms with Crippen LogP contribution in [0.15, 0.2) is 24.3 Å². The zero-order valence-corrected chi connectivity index (χ0v) is 15.0. The van der Waals surface area contributed by atoms with Crippen molar-refractivity contribution < 1.29 is 9.59 Å². The van der Waals surface area contributed by atoms with Gasteiger partial charge in [-0.3, -0.25) is 14.5 Å². The summed E-state index contributed by atoms with van der Waals surface area (Å²) in [6, 6.07) is 7.73. The van der Waals surface area contributed by atoms with Gasteiger partial charge in [0, 0.05) is 38.7 Å². The van der Waals surface area contributed by atoms with E-state index in [1.165, 1.54) is 37.9 Å². The van der Waals surface area contributed by atoms with E-state index in [2.05, 4.69) is 10.2 Å². The number of benzene rings is 1. The van der Waals surface area contributed by atoms with Crippen molar-refractivity contribution in [2.24, 2.45) is 0 Å². The fourth-order valence-electron chi connectivity index (χ4n) is 3.04. The van der Waals surface area contributed by atoms with Crippen LogP contribution in [0.2, 0.25) is 0 Å². The highest BCUT2D eigenvalue weighted by Gasteiger charge is 2.19. The van der Waals surface area contributed by atoms with Crippen LogP contribution in [-0.2, 0) is 11.3 Å². The number of rotatable bonds is 6. The molecule has 0 spiro atoms. The minimum atomic E-state index is -0.134. The lowest BCUT2D eigenvalue weighted by Crippen LogP contribution is -2.38. The Morgan fingerprint density at radius 1 is 1.17 bits per heavy atom. The second kappa shape index (κ2) is 8.83. The summed E-state index contributed by atoms with van der Waals surface area (Å²) in [6.07, 6.45) is 4.21. The summed E-state index contributed by atoms with van der Waals surface area (Å²) in [5.41, 5.74) is 1.91. The van der Waals surface area contributed by atoms with E-state index in [4.69, 9.17) is 0 Å². The Kier molecular flexibility index (Phi) is 6.79. The van der Waals surface area contributed by atoms with E-state index in [-0.39, 0.29) is 17.9 Å². The molecule has 0 radical (unpaired) electrons. The smallest absolute Gasteiger partial charge is 0.253 e. The van der Waals surface area contributed by atoms with Crippen molar-refractivity contribution in [2.75, 3.05) is 27.2 Å². The summed E-state index contributed by atoms with van der Waals surface area (Å²) in [4.78, 5) is 28.1. The highest BCUT2D eigenvalue weighted by molar-refractivity contribution is 5.94. The predicted molar refractivity (Wildman–Crippen MR) is 95.8 cm³/mol. The molecule has 0 bridgehead atoms. The number of nitrogens with one attached hydrogen (secondary N) is 1. The number of carbonyl (C=O) groups is 2. The summed E-state index contributed by atoms with van der Waals surface area (Å²) in [6.45, 7) is 5.18. The third kappa shape index (κ3) is 5.06. The van der Waals surface area contributed by atoms with Gasteiger partial charge in [0.05, 0.1) is 0 Å². The van der Waals surface area contributed by atoms with Gasteiger partial charge in [0.25, 0.3) is 5.91 Å². The van der Waals surface area contributed by atoms with Crippen molar-refractivity contribution in [1.82, 2.24) is 15.1 Å². The topological polar surface area (TPSA) is 52.7 Å². The molecule has 132 valence electrons. The molecule has 5 nitrogen and oxygen atoms in total. The SMILES string of the molecule is CNC(=O)CC(C)N(C)C(=O)c1ccc(CN2CCCCC2)cc1. The third-order valence-electron chi connectivity index (χ3n) is 4.80. The number of hydrogen-bond donors (Lipinski definition) is 1. The quantitative estimate of drug-likeness (QED) is 0.870. The fourth-order valence-corrected chi connectivity index (χ4v) is 3.04. The first-order valence-electron chi connectivity index (χ1n) is 8.80. The van der Waals surface area contributed by atoms with Gasteiger partial charge < -0.3 is 10.2 Å². The first kappa shape index (κ1) is 18.5. The lowest BCUT2D eigenvalue weighted by molar-refractivity contribution is -0.121. The Labute approximate surface area is 145 Å². The Morgan fingerprint density at radius 3 is 2.38 bits per heavy atom. The maximum atomic E-state index is 12.5. The third-order valence-corrected chi connectivity index (χ3v) is 4.80. The number of nitrogens with zero attached hydrogens (tertiary/aromatic N) is 2. The van der Waals surface area contributed by atoms with E-state index in [0.717, 1.165) is 6.54 Å². The molecule has 1 unspecified atom stereocenters. The van der Waals surface area contributed by atoms with Crippen LogP contribution in [0.3, 0.4) is 0 Å². The molecule has 1 N–H and O–H groups in total. The van der Waals surface area contributed by atoms with Gasteiger partial charge in [-0.25, -0.2) is 0 Å². The van der Waals surface area contributed by atoms with Crippen LogP contribution in [0.25, 0.3) is 0 Å². The van der Waals surface area contributed by atoms with Gasteiger partial charge in [0.2, 0.25) is 5.91 Å². The summed E-state index contributed by atoms with van der Waals surface area (Å²) in [5, 5.41) is 2.59. The van der Waals surface area contributed by atoms with Gasteiger partial charge in [-0.2, -0.15) is 0 Å². The van der Waals surface area contributed by atoms with Crippen molar-refractivity contribution in [3.63, 3.8) is 0 Å². The summed E-state index contributed by atoms with van der Waals surface area (Å²) in [5.74, 6) is -0.102. The zero-order valence-electron chi connectivity index (χ0n) is 15.0. The molecule has 1 saturated heterocycles. The van der Waals surface area contributed by atoms with Crippen LogP contribution < -0.4 is 5.32 Å². The molecule has 1 atom stereocenters. The highest BCUT2D eigenvalue weighted by Crippen LogP contribution is 2.15. The molecule has 2 amide bonds. The first-order valence-corrected chi connectivity index (χ1v) is 8.80. The van der Waals surface area contributed by atoms with Crippen LogP contribution in [0, 0.1) is 0 Å². The van der Waals surface area contributed by atoms with Crippen LogP contribution in [0.4, 0.5) is 0 Å². The van der Waals surface area contributed by atoms with Crippen molar-refractivity contribution in [3.8, 4) is 0 Å². The molecule has 0 aliphatic carbocycles. The largest absolute Gasteiger partial charge is 0.359 e. The molecule has 0 saturated carbocycles. The van der Waals surface area contributed by atoms with Gasteiger partial charge in [0.15, 0.2) is 0 Å². The second-order valence-corrected chi connectivity index (χ2v) is 6.68. The number of amides is 2. The number of likely N-dealkylation sites (tertiary alicyclic amines) is 1. The lowest BCUT2D eigenvalue weighted by atomic mass is 10.1. The van der Waals surface area contributed by atoms with Crippen LogP contribution >= 0.6 is 0 Å². The molecular formula is C19H29N3O2. The van der Waals surface area contributed by atoms with E-state index in [0.29, 0.717) is 12.0 Å². The monoisotopic (exact) mass is 331 g/mol. The Balaban J connectivity index is 1.93. The Bertz CT molecular complexity index is 550. The predicted octanol–water partition coefficient (Wildman–Crippen LogP) is 2.27. The number of carbonyl (C=O) groups excluding carboxylic acids is 2. The number of piperidine rings is 1. The van der Waals surface area contributed by atoms with Crippen molar-refractivity contribution in [3.05, 3.63) is 35.4 Å². The molecule has 1 heterocycles. The second-order valence-electron chi connectivity index (χ2n) is 6.68. The molecular weight excluding hydrogens is 302 g/mol. The summed E-state index contributed by atoms with van der Waals surface area (Å²) >= 11 is 0. The molecule has 2 rings (SSSR count). The van der Waals surface area contributed by atoms with Crippen molar-refractivity contribution >= 4 is 11.8 Å². The molecule has 24 heavy (non-hydrogen) atoms. The van der Waals surface area contributed by atoms with Gasteiger partial charge >= 0.3 is 0 Å². The lowest BCUT2D eigenvalue weighted by Gasteiger charge is -2.27. The minimum Gasteiger partial charge on any atom is -0.359 e. The van der Waals surface area contributed by atoms with E-state index in [9.17, 15) is 9.59 Å². The Morgan fingerprint density at radius 2 is 1.79 bits per heavy atom. The van der Waals surface area contributed by atoms with E-state index in [1.54, 1.807) is 19.0 Å². The average Bonchev–Trinajstić information content (AvgIpc) is 2.61. The van der Waals surface area contributed by atoms with E-state index >= 15 is 0 Å². The molecule has 1 aromatic rings. The standard InChI is InChI=1S/C19H29N3O2/c1-15(13-18(23)20-2)21(3)19(24)17-9-7-16(8-10-17)14-22-11-5-4-6-12-22/h7-10,15H,4-6,11-14H2,1-3H3,(H,20,23). The average molecular weight is 331 g/mol. The fraction of sp³-hybridized carbons (Fsp3) is 0.579. The first-order chi connectivity index (χ1) is 11.5. The molecule has 0 aromatic heterocycles. The van der Waals surface area contributed by atoms with Crippen LogP contribution in [-0.4, -0.2) is 54.8 Å². The van der Waals surface area contributed by atoms with E-state index in [1.807, 2.05) is 31.2 Å². The van der Waals surface area contributed by atoms with Gasteiger partial charge in [0.1, 0.15) is 0 Å². The maximum Gasteiger partial charge on any atom is 0.253 e. The summed E-state index contributed by atoms with van der Waals surface area (Å²) in [7, 11) is 3.36. The van der Waals surface area contributed by atoms with Crippen LogP contribution in [0.5, 0.6) is 0 Å². The van der Waals surface area contributed by atoms with Gasteiger partial charge in [-0.05, 0) is 50.6 Å². The summed E-state index contributed by atoms with van der Waals surface area (Å²) < 4.78 is 0. The van der Waals surface area contributed by atoms with Crippen molar-refractivity contribution in [2.45, 2.75) is 45.2 Å². The van der Waals surface area contributed by atoms with Crippen LogP contribution in [0.1, 0.15) is 48.5 Å². The molecule has 1 fully saturated rings. The van der Waals surface area contributed by atoms with E-state index < -0.39 is 0 Å². The highest BCUT2D eigenvalue weighted by atomic mass is 16.2. The van der Waals surface area contributed by atoms with Gasteiger partial charge in [-0.1, -0.05) is 18.6 Å². The molecule has 1 aliphatic heterocycles. The maximum absolute atomic E-state index is 12.5. The normalized spacial score (nSPS) is 16.5. The zero-order chi connectivity index (χ0) is 17.5. The number of hydrogen-bond acceptors (Lipinski definition) is 3. The molecule has 5 heteroatoms. The van der Waals surface area contributed by atoms with Gasteiger partial charge in [-0.15, -0.1) is 0 Å². The minimum absolute atomic E-state index is 0.0454. The molecule has 1 aliphatic rings. The Hall–Kier alpha value is -1.88. The van der Waals surface area contributed by atoms with Crippen molar-refractivity contribution in [1.29, 1.82) is 0 Å². The molecule has 1 aromatic carbocycles.